The lowest BCUT2D eigenvalue weighted by molar-refractivity contribution is 0.122. The van der Waals surface area contributed by atoms with Crippen molar-refractivity contribution in [2.24, 2.45) is 0 Å². The van der Waals surface area contributed by atoms with Gasteiger partial charge in [-0.2, -0.15) is 0 Å². The first-order valence-electron chi connectivity index (χ1n) is 5.68. The van der Waals surface area contributed by atoms with E-state index in [1.54, 1.807) is 12.1 Å². The van der Waals surface area contributed by atoms with Gasteiger partial charge in [0.15, 0.2) is 0 Å². The third kappa shape index (κ3) is 2.89. The van der Waals surface area contributed by atoms with Gasteiger partial charge in [-0.3, -0.25) is 5.32 Å². The Morgan fingerprint density at radius 2 is 2.17 bits per heavy atom. The number of carbonyl (C=O) groups is 1. The molecule has 1 aliphatic heterocycles. The smallest absolute Gasteiger partial charge is 0.411 e. The van der Waals surface area contributed by atoms with Crippen LogP contribution in [-0.4, -0.2) is 39.5 Å². The van der Waals surface area contributed by atoms with E-state index < -0.39 is 6.09 Å². The van der Waals surface area contributed by atoms with Crippen molar-refractivity contribution < 1.29 is 18.7 Å². The molecule has 1 heterocycles. The Labute approximate surface area is 104 Å². The van der Waals surface area contributed by atoms with Crippen molar-refractivity contribution in [3.63, 3.8) is 0 Å². The lowest BCUT2D eigenvalue weighted by Gasteiger charge is -2.29. The van der Waals surface area contributed by atoms with Crippen LogP contribution in [0.3, 0.4) is 0 Å². The number of anilines is 2. The van der Waals surface area contributed by atoms with E-state index in [1.165, 1.54) is 13.2 Å². The molecule has 1 saturated heterocycles. The predicted molar refractivity (Wildman–Crippen MR) is 65.5 cm³/mol. The van der Waals surface area contributed by atoms with E-state index in [9.17, 15) is 9.18 Å². The minimum absolute atomic E-state index is 0.370. The summed E-state index contributed by atoms with van der Waals surface area (Å²) in [7, 11) is 1.26. The Morgan fingerprint density at radius 3 is 2.78 bits per heavy atom. The fourth-order valence-electron chi connectivity index (χ4n) is 1.81. The summed E-state index contributed by atoms with van der Waals surface area (Å²) in [4.78, 5) is 12.9. The number of morpholine rings is 1. The Kier molecular flexibility index (Phi) is 3.99. The Hall–Kier alpha value is -1.82. The lowest BCUT2D eigenvalue weighted by Crippen LogP contribution is -2.36. The Bertz CT molecular complexity index is 433. The van der Waals surface area contributed by atoms with E-state index in [0.717, 1.165) is 0 Å². The van der Waals surface area contributed by atoms with E-state index in [-0.39, 0.29) is 5.82 Å². The van der Waals surface area contributed by atoms with Crippen molar-refractivity contribution >= 4 is 17.5 Å². The molecule has 0 atom stereocenters. The van der Waals surface area contributed by atoms with Gasteiger partial charge in [0.1, 0.15) is 5.82 Å². The summed E-state index contributed by atoms with van der Waals surface area (Å²) in [6, 6.07) is 4.57. The summed E-state index contributed by atoms with van der Waals surface area (Å²) in [5, 5.41) is 2.42. The van der Waals surface area contributed by atoms with Crippen LogP contribution in [0.1, 0.15) is 0 Å². The van der Waals surface area contributed by atoms with E-state index in [4.69, 9.17) is 4.74 Å². The molecule has 18 heavy (non-hydrogen) atoms. The highest BCUT2D eigenvalue weighted by Crippen LogP contribution is 2.23. The van der Waals surface area contributed by atoms with E-state index in [1.807, 2.05) is 4.90 Å². The van der Waals surface area contributed by atoms with Gasteiger partial charge < -0.3 is 14.4 Å². The van der Waals surface area contributed by atoms with Crippen LogP contribution in [0.5, 0.6) is 0 Å². The van der Waals surface area contributed by atoms with Gasteiger partial charge in [-0.05, 0) is 18.2 Å². The van der Waals surface area contributed by atoms with Crippen molar-refractivity contribution in [3.8, 4) is 0 Å². The molecule has 0 saturated carbocycles. The Morgan fingerprint density at radius 1 is 1.44 bits per heavy atom. The number of ether oxygens (including phenoxy) is 2. The van der Waals surface area contributed by atoms with Crippen LogP contribution in [0.15, 0.2) is 18.2 Å². The monoisotopic (exact) mass is 254 g/mol. The molecule has 0 radical (unpaired) electrons. The first kappa shape index (κ1) is 12.6. The molecule has 98 valence electrons. The third-order valence-corrected chi connectivity index (χ3v) is 2.73. The van der Waals surface area contributed by atoms with Crippen molar-refractivity contribution in [1.29, 1.82) is 0 Å². The molecule has 0 bridgehead atoms. The second-order valence-corrected chi connectivity index (χ2v) is 3.88. The summed E-state index contributed by atoms with van der Waals surface area (Å²) >= 11 is 0. The number of halogens is 1. The number of rotatable bonds is 2. The van der Waals surface area contributed by atoms with E-state index >= 15 is 0 Å². The molecular weight excluding hydrogens is 239 g/mol. The molecule has 1 aliphatic rings. The molecule has 0 aromatic heterocycles. The maximum absolute atomic E-state index is 13.9. The first-order valence-corrected chi connectivity index (χ1v) is 5.68. The summed E-state index contributed by atoms with van der Waals surface area (Å²) in [5.74, 6) is -0.370. The SMILES string of the molecule is COC(=O)Nc1ccc(N2CCOCC2)c(F)c1. The topological polar surface area (TPSA) is 50.8 Å². The van der Waals surface area contributed by atoms with Crippen LogP contribution in [0.25, 0.3) is 0 Å². The average molecular weight is 254 g/mol. The second kappa shape index (κ2) is 5.68. The molecule has 1 fully saturated rings. The summed E-state index contributed by atoms with van der Waals surface area (Å²) < 4.78 is 23.6. The van der Waals surface area contributed by atoms with Gasteiger partial charge in [-0.15, -0.1) is 0 Å². The highest BCUT2D eigenvalue weighted by Gasteiger charge is 2.15. The average Bonchev–Trinajstić information content (AvgIpc) is 2.40. The fraction of sp³-hybridized carbons (Fsp3) is 0.417. The zero-order chi connectivity index (χ0) is 13.0. The molecule has 6 heteroatoms. The number of amides is 1. The number of benzene rings is 1. The maximum Gasteiger partial charge on any atom is 0.411 e. The largest absolute Gasteiger partial charge is 0.453 e. The predicted octanol–water partition coefficient (Wildman–Crippen LogP) is 1.84. The molecule has 5 nitrogen and oxygen atoms in total. The number of carbonyl (C=O) groups excluding carboxylic acids is 1. The lowest BCUT2D eigenvalue weighted by atomic mass is 10.2. The minimum atomic E-state index is -0.617. The molecular formula is C12H15FN2O3. The summed E-state index contributed by atoms with van der Waals surface area (Å²) in [5.41, 5.74) is 0.894. The van der Waals surface area contributed by atoms with Gasteiger partial charge in [-0.1, -0.05) is 0 Å². The fourth-order valence-corrected chi connectivity index (χ4v) is 1.81. The van der Waals surface area contributed by atoms with Crippen molar-refractivity contribution in [3.05, 3.63) is 24.0 Å². The van der Waals surface area contributed by atoms with Gasteiger partial charge >= 0.3 is 6.09 Å². The van der Waals surface area contributed by atoms with Crippen LogP contribution in [0, 0.1) is 5.82 Å². The summed E-state index contributed by atoms with van der Waals surface area (Å²) in [6.45, 7) is 2.53. The number of nitrogens with zero attached hydrogens (tertiary/aromatic N) is 1. The Balaban J connectivity index is 2.11. The third-order valence-electron chi connectivity index (χ3n) is 2.73. The van der Waals surface area contributed by atoms with Crippen LogP contribution in [-0.2, 0) is 9.47 Å². The quantitative estimate of drug-likeness (QED) is 0.875. The number of hydrogen-bond donors (Lipinski definition) is 1. The molecule has 1 aromatic carbocycles. The van der Waals surface area contributed by atoms with Crippen LogP contribution < -0.4 is 10.2 Å². The molecule has 0 unspecified atom stereocenters. The van der Waals surface area contributed by atoms with Crippen molar-refractivity contribution in [1.82, 2.24) is 0 Å². The van der Waals surface area contributed by atoms with E-state index in [2.05, 4.69) is 10.1 Å². The van der Waals surface area contributed by atoms with Gasteiger partial charge in [0, 0.05) is 18.8 Å². The van der Waals surface area contributed by atoms with Gasteiger partial charge in [0.2, 0.25) is 0 Å². The van der Waals surface area contributed by atoms with E-state index in [0.29, 0.717) is 37.7 Å². The van der Waals surface area contributed by atoms with Crippen LogP contribution in [0.2, 0.25) is 0 Å². The first-order chi connectivity index (χ1) is 8.70. The van der Waals surface area contributed by atoms with Crippen LogP contribution in [0.4, 0.5) is 20.6 Å². The van der Waals surface area contributed by atoms with Gasteiger partial charge in [0.25, 0.3) is 0 Å². The highest BCUT2D eigenvalue weighted by molar-refractivity contribution is 5.84. The molecule has 1 amide bonds. The number of hydrogen-bond acceptors (Lipinski definition) is 4. The maximum atomic E-state index is 13.9. The molecule has 1 aromatic rings. The van der Waals surface area contributed by atoms with Gasteiger partial charge in [0.05, 0.1) is 26.0 Å². The van der Waals surface area contributed by atoms with Crippen molar-refractivity contribution in [2.75, 3.05) is 43.6 Å². The number of nitrogens with one attached hydrogen (secondary N) is 1. The zero-order valence-electron chi connectivity index (χ0n) is 10.1. The zero-order valence-corrected chi connectivity index (χ0v) is 10.1. The van der Waals surface area contributed by atoms with Gasteiger partial charge in [-0.25, -0.2) is 9.18 Å². The highest BCUT2D eigenvalue weighted by atomic mass is 19.1. The molecule has 2 rings (SSSR count). The standard InChI is InChI=1S/C12H15FN2O3/c1-17-12(16)14-9-2-3-11(10(13)8-9)15-4-6-18-7-5-15/h2-3,8H,4-7H2,1H3,(H,14,16). The minimum Gasteiger partial charge on any atom is -0.453 e. The summed E-state index contributed by atoms with van der Waals surface area (Å²) in [6.07, 6.45) is -0.617. The van der Waals surface area contributed by atoms with Crippen molar-refractivity contribution in [2.45, 2.75) is 0 Å². The van der Waals surface area contributed by atoms with Crippen LogP contribution >= 0.6 is 0 Å². The second-order valence-electron chi connectivity index (χ2n) is 3.88. The molecule has 1 N–H and O–H groups in total. The molecule has 0 aliphatic carbocycles. The molecule has 0 spiro atoms. The number of methoxy groups -OCH3 is 1. The normalized spacial score (nSPS) is 15.3.